The van der Waals surface area contributed by atoms with Crippen LogP contribution < -0.4 is 11.5 Å². The number of nitrogen functional groups attached to an aromatic ring is 2. The van der Waals surface area contributed by atoms with Crippen LogP contribution in [0.5, 0.6) is 0 Å². The molecular weight excluding hydrogens is 196 g/mol. The highest BCUT2D eigenvalue weighted by Crippen LogP contribution is 2.28. The second-order valence-electron chi connectivity index (χ2n) is 4.02. The Balaban J connectivity index is 2.39. The van der Waals surface area contributed by atoms with Crippen LogP contribution in [0.25, 0.3) is 0 Å². The minimum Gasteiger partial charge on any atom is -0.399 e. The van der Waals surface area contributed by atoms with Crippen LogP contribution in [0, 0.1) is 0 Å². The number of hydrogen-bond acceptors (Lipinski definition) is 2. The maximum Gasteiger partial charge on any atom is 0.0352 e. The first-order chi connectivity index (χ1) is 7.68. The molecule has 0 saturated carbocycles. The zero-order chi connectivity index (χ0) is 11.5. The number of rotatable bonds is 2. The Kier molecular flexibility index (Phi) is 2.82. The van der Waals surface area contributed by atoms with Crippen molar-refractivity contribution in [3.05, 3.63) is 59.7 Å². The molecule has 82 valence electrons. The van der Waals surface area contributed by atoms with Crippen molar-refractivity contribution in [1.82, 2.24) is 0 Å². The largest absolute Gasteiger partial charge is 0.399 e. The summed E-state index contributed by atoms with van der Waals surface area (Å²) in [6.07, 6.45) is 0. The molecule has 4 N–H and O–H groups in total. The molecule has 0 bridgehead atoms. The van der Waals surface area contributed by atoms with Gasteiger partial charge in [0.1, 0.15) is 0 Å². The summed E-state index contributed by atoms with van der Waals surface area (Å²) in [5, 5.41) is 0. The van der Waals surface area contributed by atoms with E-state index in [0.717, 1.165) is 16.9 Å². The van der Waals surface area contributed by atoms with E-state index in [1.165, 1.54) is 5.56 Å². The van der Waals surface area contributed by atoms with E-state index in [-0.39, 0.29) is 5.92 Å². The summed E-state index contributed by atoms with van der Waals surface area (Å²) < 4.78 is 0. The van der Waals surface area contributed by atoms with Crippen LogP contribution in [0.3, 0.4) is 0 Å². The quantitative estimate of drug-likeness (QED) is 0.752. The molecule has 0 aliphatic carbocycles. The monoisotopic (exact) mass is 212 g/mol. The van der Waals surface area contributed by atoms with Gasteiger partial charge in [-0.05, 0) is 29.3 Å². The Morgan fingerprint density at radius 3 is 2.38 bits per heavy atom. The zero-order valence-electron chi connectivity index (χ0n) is 9.35. The molecule has 0 amide bonds. The van der Waals surface area contributed by atoms with Crippen molar-refractivity contribution in [2.75, 3.05) is 11.5 Å². The Hall–Kier alpha value is -1.96. The molecule has 0 heterocycles. The minimum atomic E-state index is 0.268. The lowest BCUT2D eigenvalue weighted by Crippen LogP contribution is -2.01. The van der Waals surface area contributed by atoms with Gasteiger partial charge in [-0.25, -0.2) is 0 Å². The van der Waals surface area contributed by atoms with Crippen LogP contribution in [0.2, 0.25) is 0 Å². The van der Waals surface area contributed by atoms with Gasteiger partial charge in [-0.15, -0.1) is 0 Å². The van der Waals surface area contributed by atoms with Crippen molar-refractivity contribution in [3.8, 4) is 0 Å². The smallest absolute Gasteiger partial charge is 0.0352 e. The molecule has 0 radical (unpaired) electrons. The van der Waals surface area contributed by atoms with Gasteiger partial charge in [0, 0.05) is 17.3 Å². The number of para-hydroxylation sites is 1. The third kappa shape index (κ3) is 2.01. The molecule has 0 aromatic heterocycles. The van der Waals surface area contributed by atoms with Crippen LogP contribution in [0.4, 0.5) is 11.4 Å². The van der Waals surface area contributed by atoms with Gasteiger partial charge in [0.25, 0.3) is 0 Å². The van der Waals surface area contributed by atoms with Crippen LogP contribution >= 0.6 is 0 Å². The molecule has 2 nitrogen and oxygen atoms in total. The van der Waals surface area contributed by atoms with Crippen molar-refractivity contribution in [2.45, 2.75) is 12.8 Å². The molecule has 0 saturated heterocycles. The molecule has 2 heteroatoms. The van der Waals surface area contributed by atoms with Crippen molar-refractivity contribution in [1.29, 1.82) is 0 Å². The first-order valence-corrected chi connectivity index (χ1v) is 5.38. The van der Waals surface area contributed by atoms with Gasteiger partial charge in [-0.2, -0.15) is 0 Å². The molecule has 1 unspecified atom stereocenters. The predicted octanol–water partition coefficient (Wildman–Crippen LogP) is 3.00. The lowest BCUT2D eigenvalue weighted by atomic mass is 9.92. The average molecular weight is 212 g/mol. The summed E-state index contributed by atoms with van der Waals surface area (Å²) in [6.45, 7) is 2.14. The maximum absolute atomic E-state index is 5.97. The van der Waals surface area contributed by atoms with Crippen LogP contribution in [0.15, 0.2) is 48.5 Å². The van der Waals surface area contributed by atoms with Gasteiger partial charge in [0.2, 0.25) is 0 Å². The van der Waals surface area contributed by atoms with Crippen LogP contribution in [-0.4, -0.2) is 0 Å². The molecule has 2 rings (SSSR count). The fourth-order valence-electron chi connectivity index (χ4n) is 1.91. The number of anilines is 2. The number of benzene rings is 2. The van der Waals surface area contributed by atoms with Crippen molar-refractivity contribution in [2.24, 2.45) is 0 Å². The fourth-order valence-corrected chi connectivity index (χ4v) is 1.91. The molecule has 0 aliphatic rings. The van der Waals surface area contributed by atoms with Gasteiger partial charge in [-0.1, -0.05) is 37.3 Å². The zero-order valence-corrected chi connectivity index (χ0v) is 9.35. The molecule has 0 fully saturated rings. The van der Waals surface area contributed by atoms with E-state index in [1.807, 2.05) is 36.4 Å². The summed E-state index contributed by atoms with van der Waals surface area (Å²) in [5.41, 5.74) is 15.7. The Morgan fingerprint density at radius 1 is 0.938 bits per heavy atom. The van der Waals surface area contributed by atoms with Crippen molar-refractivity contribution >= 4 is 11.4 Å². The molecule has 1 atom stereocenters. The van der Waals surface area contributed by atoms with Gasteiger partial charge in [0.15, 0.2) is 0 Å². The highest BCUT2D eigenvalue weighted by atomic mass is 14.6. The Bertz CT molecular complexity index is 492. The van der Waals surface area contributed by atoms with Gasteiger partial charge in [0.05, 0.1) is 0 Å². The maximum atomic E-state index is 5.97. The number of nitrogens with two attached hydrogens (primary N) is 2. The summed E-state index contributed by atoms with van der Waals surface area (Å²) in [4.78, 5) is 0. The van der Waals surface area contributed by atoms with E-state index in [9.17, 15) is 0 Å². The Morgan fingerprint density at radius 2 is 1.69 bits per heavy atom. The summed E-state index contributed by atoms with van der Waals surface area (Å²) in [5.74, 6) is 0.268. The highest BCUT2D eigenvalue weighted by Gasteiger charge is 2.10. The van der Waals surface area contributed by atoms with Crippen molar-refractivity contribution in [3.63, 3.8) is 0 Å². The first kappa shape index (κ1) is 10.6. The summed E-state index contributed by atoms with van der Waals surface area (Å²) >= 11 is 0. The first-order valence-electron chi connectivity index (χ1n) is 5.38. The molecule has 16 heavy (non-hydrogen) atoms. The van der Waals surface area contributed by atoms with E-state index < -0.39 is 0 Å². The molecular formula is C14H16N2. The molecule has 0 aliphatic heterocycles. The molecule has 0 spiro atoms. The van der Waals surface area contributed by atoms with E-state index in [2.05, 4.69) is 19.1 Å². The van der Waals surface area contributed by atoms with Crippen LogP contribution in [0.1, 0.15) is 24.0 Å². The van der Waals surface area contributed by atoms with Crippen LogP contribution in [-0.2, 0) is 0 Å². The molecule has 2 aromatic carbocycles. The third-order valence-electron chi connectivity index (χ3n) is 2.87. The minimum absolute atomic E-state index is 0.268. The summed E-state index contributed by atoms with van der Waals surface area (Å²) in [7, 11) is 0. The lowest BCUT2D eigenvalue weighted by molar-refractivity contribution is 0.926. The van der Waals surface area contributed by atoms with E-state index in [0.29, 0.717) is 0 Å². The topological polar surface area (TPSA) is 52.0 Å². The SMILES string of the molecule is CC(c1cccc(N)c1)c1ccccc1N. The van der Waals surface area contributed by atoms with Gasteiger partial charge < -0.3 is 11.5 Å². The normalized spacial score (nSPS) is 12.3. The summed E-state index contributed by atoms with van der Waals surface area (Å²) in [6, 6.07) is 15.9. The third-order valence-corrected chi connectivity index (χ3v) is 2.87. The highest BCUT2D eigenvalue weighted by molar-refractivity contribution is 5.53. The van der Waals surface area contributed by atoms with Crippen molar-refractivity contribution < 1.29 is 0 Å². The Labute approximate surface area is 95.9 Å². The van der Waals surface area contributed by atoms with Gasteiger partial charge >= 0.3 is 0 Å². The standard InChI is InChI=1S/C14H16N2/c1-10(11-5-4-6-12(15)9-11)13-7-2-3-8-14(13)16/h2-10H,15-16H2,1H3. The van der Waals surface area contributed by atoms with E-state index in [4.69, 9.17) is 11.5 Å². The second kappa shape index (κ2) is 4.27. The van der Waals surface area contributed by atoms with Gasteiger partial charge in [-0.3, -0.25) is 0 Å². The average Bonchev–Trinajstić information content (AvgIpc) is 2.29. The molecule has 2 aromatic rings. The van der Waals surface area contributed by atoms with E-state index >= 15 is 0 Å². The number of hydrogen-bond donors (Lipinski definition) is 2. The lowest BCUT2D eigenvalue weighted by Gasteiger charge is -2.15. The second-order valence-corrected chi connectivity index (χ2v) is 4.02. The fraction of sp³-hybridized carbons (Fsp3) is 0.143. The van der Waals surface area contributed by atoms with E-state index in [1.54, 1.807) is 0 Å². The predicted molar refractivity (Wildman–Crippen MR) is 69.2 cm³/mol.